The fourth-order valence-corrected chi connectivity index (χ4v) is 3.04. The SMILES string of the molecule is CC(NC1CCC(C)(C)CC1)C1CCCO1. The smallest absolute Gasteiger partial charge is 0.0726 e. The van der Waals surface area contributed by atoms with Crippen LogP contribution < -0.4 is 5.32 Å². The summed E-state index contributed by atoms with van der Waals surface area (Å²) in [6.45, 7) is 8.05. The third-order valence-corrected chi connectivity index (χ3v) is 4.36. The van der Waals surface area contributed by atoms with Crippen molar-refractivity contribution in [2.24, 2.45) is 5.41 Å². The highest BCUT2D eigenvalue weighted by atomic mass is 16.5. The molecule has 2 unspecified atom stereocenters. The van der Waals surface area contributed by atoms with E-state index >= 15 is 0 Å². The Labute approximate surface area is 100 Å². The van der Waals surface area contributed by atoms with E-state index in [4.69, 9.17) is 4.74 Å². The average Bonchev–Trinajstić information content (AvgIpc) is 2.74. The van der Waals surface area contributed by atoms with Gasteiger partial charge in [-0.25, -0.2) is 0 Å². The molecule has 16 heavy (non-hydrogen) atoms. The van der Waals surface area contributed by atoms with E-state index in [2.05, 4.69) is 26.1 Å². The number of nitrogens with one attached hydrogen (secondary N) is 1. The first kappa shape index (κ1) is 12.4. The van der Waals surface area contributed by atoms with E-state index in [1.54, 1.807) is 0 Å². The van der Waals surface area contributed by atoms with Crippen LogP contribution in [0.1, 0.15) is 59.3 Å². The maximum atomic E-state index is 5.73. The van der Waals surface area contributed by atoms with Gasteiger partial charge in [0.15, 0.2) is 0 Å². The van der Waals surface area contributed by atoms with Crippen molar-refractivity contribution in [3.8, 4) is 0 Å². The third kappa shape index (κ3) is 3.21. The van der Waals surface area contributed by atoms with Crippen molar-refractivity contribution in [3.05, 3.63) is 0 Å². The third-order valence-electron chi connectivity index (χ3n) is 4.36. The molecule has 1 N–H and O–H groups in total. The highest BCUT2D eigenvalue weighted by Gasteiger charge is 2.29. The van der Waals surface area contributed by atoms with Crippen LogP contribution in [0, 0.1) is 5.41 Å². The van der Waals surface area contributed by atoms with Gasteiger partial charge in [0, 0.05) is 18.7 Å². The molecule has 2 rings (SSSR count). The van der Waals surface area contributed by atoms with E-state index in [1.165, 1.54) is 38.5 Å². The second-order valence-corrected chi connectivity index (χ2v) is 6.45. The minimum Gasteiger partial charge on any atom is -0.377 e. The summed E-state index contributed by atoms with van der Waals surface area (Å²) < 4.78 is 5.73. The normalized spacial score (nSPS) is 32.8. The largest absolute Gasteiger partial charge is 0.377 e. The van der Waals surface area contributed by atoms with Crippen LogP contribution in [0.15, 0.2) is 0 Å². The van der Waals surface area contributed by atoms with Gasteiger partial charge in [0.2, 0.25) is 0 Å². The van der Waals surface area contributed by atoms with Crippen LogP contribution in [0.3, 0.4) is 0 Å². The summed E-state index contributed by atoms with van der Waals surface area (Å²) in [6.07, 6.45) is 8.36. The molecular formula is C14H27NO. The van der Waals surface area contributed by atoms with Crippen molar-refractivity contribution >= 4 is 0 Å². The fourth-order valence-electron chi connectivity index (χ4n) is 3.04. The first-order valence-electron chi connectivity index (χ1n) is 6.94. The topological polar surface area (TPSA) is 21.3 Å². The summed E-state index contributed by atoms with van der Waals surface area (Å²) in [5, 5.41) is 3.77. The van der Waals surface area contributed by atoms with E-state index in [1.807, 2.05) is 0 Å². The standard InChI is InChI=1S/C14H27NO/c1-11(13-5-4-10-16-13)15-12-6-8-14(2,3)9-7-12/h11-13,15H,4-10H2,1-3H3. The van der Waals surface area contributed by atoms with Crippen molar-refractivity contribution in [2.45, 2.75) is 77.5 Å². The summed E-state index contributed by atoms with van der Waals surface area (Å²) in [5.41, 5.74) is 0.575. The van der Waals surface area contributed by atoms with Gasteiger partial charge < -0.3 is 10.1 Å². The Kier molecular flexibility index (Phi) is 3.91. The maximum absolute atomic E-state index is 5.73. The molecule has 94 valence electrons. The summed E-state index contributed by atoms with van der Waals surface area (Å²) in [5.74, 6) is 0. The zero-order valence-corrected chi connectivity index (χ0v) is 11.1. The first-order chi connectivity index (χ1) is 7.57. The monoisotopic (exact) mass is 225 g/mol. The van der Waals surface area contributed by atoms with Crippen LogP contribution in [0.2, 0.25) is 0 Å². The molecule has 2 atom stereocenters. The van der Waals surface area contributed by atoms with E-state index < -0.39 is 0 Å². The number of ether oxygens (including phenoxy) is 1. The molecule has 1 heterocycles. The zero-order chi connectivity index (χ0) is 11.6. The zero-order valence-electron chi connectivity index (χ0n) is 11.1. The lowest BCUT2D eigenvalue weighted by Crippen LogP contribution is -2.45. The molecule has 0 spiro atoms. The quantitative estimate of drug-likeness (QED) is 0.797. The Bertz CT molecular complexity index is 211. The second-order valence-electron chi connectivity index (χ2n) is 6.45. The molecule has 0 amide bonds. The average molecular weight is 225 g/mol. The summed E-state index contributed by atoms with van der Waals surface area (Å²) in [6, 6.07) is 1.26. The van der Waals surface area contributed by atoms with Crippen molar-refractivity contribution in [1.29, 1.82) is 0 Å². The Morgan fingerprint density at radius 2 is 1.88 bits per heavy atom. The molecule has 2 nitrogen and oxygen atoms in total. The van der Waals surface area contributed by atoms with Gasteiger partial charge in [-0.1, -0.05) is 13.8 Å². The molecule has 1 aliphatic carbocycles. The molecule has 0 radical (unpaired) electrons. The minimum absolute atomic E-state index is 0.468. The van der Waals surface area contributed by atoms with Crippen LogP contribution in [0.4, 0.5) is 0 Å². The predicted octanol–water partition coefficient (Wildman–Crippen LogP) is 3.11. The van der Waals surface area contributed by atoms with Gasteiger partial charge >= 0.3 is 0 Å². The molecule has 1 saturated carbocycles. The van der Waals surface area contributed by atoms with Crippen molar-refractivity contribution in [3.63, 3.8) is 0 Å². The highest BCUT2D eigenvalue weighted by molar-refractivity contribution is 4.86. The van der Waals surface area contributed by atoms with Crippen molar-refractivity contribution in [2.75, 3.05) is 6.61 Å². The lowest BCUT2D eigenvalue weighted by atomic mass is 9.75. The fraction of sp³-hybridized carbons (Fsp3) is 1.00. The molecular weight excluding hydrogens is 198 g/mol. The summed E-state index contributed by atoms with van der Waals surface area (Å²) in [4.78, 5) is 0. The highest BCUT2D eigenvalue weighted by Crippen LogP contribution is 2.35. The van der Waals surface area contributed by atoms with Crippen LogP contribution in [-0.4, -0.2) is 24.8 Å². The van der Waals surface area contributed by atoms with Gasteiger partial charge in [-0.2, -0.15) is 0 Å². The molecule has 1 aliphatic heterocycles. The molecule has 0 aromatic heterocycles. The van der Waals surface area contributed by atoms with E-state index in [0.717, 1.165) is 12.6 Å². The van der Waals surface area contributed by atoms with E-state index in [-0.39, 0.29) is 0 Å². The Morgan fingerprint density at radius 3 is 2.44 bits per heavy atom. The van der Waals surface area contributed by atoms with Gasteiger partial charge in [0.25, 0.3) is 0 Å². The lowest BCUT2D eigenvalue weighted by Gasteiger charge is -2.36. The number of hydrogen-bond donors (Lipinski definition) is 1. The molecule has 2 aliphatic rings. The predicted molar refractivity (Wildman–Crippen MR) is 67.6 cm³/mol. The Balaban J connectivity index is 1.73. The van der Waals surface area contributed by atoms with Gasteiger partial charge in [0.05, 0.1) is 6.10 Å². The minimum atomic E-state index is 0.468. The molecule has 1 saturated heterocycles. The summed E-state index contributed by atoms with van der Waals surface area (Å²) in [7, 11) is 0. The van der Waals surface area contributed by atoms with Crippen LogP contribution in [0.5, 0.6) is 0 Å². The Morgan fingerprint density at radius 1 is 1.19 bits per heavy atom. The first-order valence-corrected chi connectivity index (χ1v) is 6.94. The van der Waals surface area contributed by atoms with Gasteiger partial charge in [-0.3, -0.25) is 0 Å². The van der Waals surface area contributed by atoms with Crippen LogP contribution in [-0.2, 0) is 4.74 Å². The van der Waals surface area contributed by atoms with Gasteiger partial charge in [0.1, 0.15) is 0 Å². The number of rotatable bonds is 3. The molecule has 2 heteroatoms. The van der Waals surface area contributed by atoms with E-state index in [9.17, 15) is 0 Å². The van der Waals surface area contributed by atoms with Crippen LogP contribution >= 0.6 is 0 Å². The van der Waals surface area contributed by atoms with Crippen molar-refractivity contribution in [1.82, 2.24) is 5.32 Å². The van der Waals surface area contributed by atoms with Gasteiger partial charge in [-0.15, -0.1) is 0 Å². The maximum Gasteiger partial charge on any atom is 0.0726 e. The summed E-state index contributed by atoms with van der Waals surface area (Å²) >= 11 is 0. The van der Waals surface area contributed by atoms with Crippen LogP contribution in [0.25, 0.3) is 0 Å². The molecule has 0 aromatic rings. The van der Waals surface area contributed by atoms with E-state index in [0.29, 0.717) is 17.6 Å². The molecule has 2 fully saturated rings. The molecule has 0 aromatic carbocycles. The van der Waals surface area contributed by atoms with Crippen molar-refractivity contribution < 1.29 is 4.74 Å². The number of hydrogen-bond acceptors (Lipinski definition) is 2. The lowest BCUT2D eigenvalue weighted by molar-refractivity contribution is 0.0739. The Hall–Kier alpha value is -0.0800. The molecule has 0 bridgehead atoms. The second kappa shape index (κ2) is 5.05. The van der Waals surface area contributed by atoms with Gasteiger partial charge in [-0.05, 0) is 50.9 Å².